The number of carbonyl (C=O) groups is 1. The topological polar surface area (TPSA) is 56.8 Å². The van der Waals surface area contributed by atoms with E-state index in [4.69, 9.17) is 14.2 Å². The number of hydrogen-bond donors (Lipinski definition) is 1. The molecule has 0 atom stereocenters. The molecule has 1 amide bonds. The van der Waals surface area contributed by atoms with Crippen molar-refractivity contribution in [3.63, 3.8) is 0 Å². The number of benzene rings is 2. The zero-order chi connectivity index (χ0) is 17.9. The van der Waals surface area contributed by atoms with Crippen LogP contribution in [0.3, 0.4) is 0 Å². The standard InChI is InChI=1S/C20H23NO4/c1-23-15-10-14(11-16(12-15)24-2)19(22)21-13-20(8-9-20)17-6-4-5-7-18(17)25-3/h4-7,10-12H,8-9,13H2,1-3H3,(H,21,22). The summed E-state index contributed by atoms with van der Waals surface area (Å²) in [4.78, 5) is 12.6. The highest BCUT2D eigenvalue weighted by atomic mass is 16.5. The van der Waals surface area contributed by atoms with Gasteiger partial charge in [-0.3, -0.25) is 4.79 Å². The molecule has 1 fully saturated rings. The van der Waals surface area contributed by atoms with Gasteiger partial charge in [-0.25, -0.2) is 0 Å². The normalized spacial score (nSPS) is 14.5. The summed E-state index contributed by atoms with van der Waals surface area (Å²) >= 11 is 0. The summed E-state index contributed by atoms with van der Waals surface area (Å²) in [5.74, 6) is 1.92. The molecular formula is C20H23NO4. The van der Waals surface area contributed by atoms with Crippen LogP contribution in [0.25, 0.3) is 0 Å². The number of hydrogen-bond acceptors (Lipinski definition) is 4. The van der Waals surface area contributed by atoms with E-state index in [0.29, 0.717) is 23.6 Å². The molecule has 2 aromatic carbocycles. The van der Waals surface area contributed by atoms with Gasteiger partial charge in [0.05, 0.1) is 21.3 Å². The van der Waals surface area contributed by atoms with Gasteiger partial charge in [0.25, 0.3) is 5.91 Å². The van der Waals surface area contributed by atoms with E-state index in [2.05, 4.69) is 11.4 Å². The summed E-state index contributed by atoms with van der Waals surface area (Å²) in [6.45, 7) is 0.575. The first-order chi connectivity index (χ1) is 12.1. The van der Waals surface area contributed by atoms with Crippen LogP contribution in [-0.4, -0.2) is 33.8 Å². The lowest BCUT2D eigenvalue weighted by atomic mass is 9.94. The molecule has 0 radical (unpaired) electrons. The summed E-state index contributed by atoms with van der Waals surface area (Å²) in [5, 5.41) is 3.05. The van der Waals surface area contributed by atoms with Crippen LogP contribution in [-0.2, 0) is 5.41 Å². The third-order valence-corrected chi connectivity index (χ3v) is 4.73. The monoisotopic (exact) mass is 341 g/mol. The summed E-state index contributed by atoms with van der Waals surface area (Å²) in [7, 11) is 4.81. The smallest absolute Gasteiger partial charge is 0.251 e. The molecule has 0 aromatic heterocycles. The van der Waals surface area contributed by atoms with Gasteiger partial charge in [0.15, 0.2) is 0 Å². The van der Waals surface area contributed by atoms with Crippen molar-refractivity contribution in [2.75, 3.05) is 27.9 Å². The molecule has 0 heterocycles. The molecular weight excluding hydrogens is 318 g/mol. The van der Waals surface area contributed by atoms with Gasteiger partial charge in [0, 0.05) is 29.2 Å². The van der Waals surface area contributed by atoms with Gasteiger partial charge < -0.3 is 19.5 Å². The van der Waals surface area contributed by atoms with Crippen molar-refractivity contribution in [1.29, 1.82) is 0 Å². The second-order valence-corrected chi connectivity index (χ2v) is 6.26. The van der Waals surface area contributed by atoms with Gasteiger partial charge in [-0.2, -0.15) is 0 Å². The highest BCUT2D eigenvalue weighted by Crippen LogP contribution is 2.50. The second kappa shape index (κ2) is 7.05. The first-order valence-corrected chi connectivity index (χ1v) is 8.26. The van der Waals surface area contributed by atoms with E-state index in [1.807, 2.05) is 18.2 Å². The summed E-state index contributed by atoms with van der Waals surface area (Å²) in [6, 6.07) is 13.2. The Bertz CT molecular complexity index is 746. The molecule has 0 unspecified atom stereocenters. The quantitative estimate of drug-likeness (QED) is 0.840. The predicted octanol–water partition coefficient (Wildman–Crippen LogP) is 3.17. The predicted molar refractivity (Wildman–Crippen MR) is 95.8 cm³/mol. The lowest BCUT2D eigenvalue weighted by Crippen LogP contribution is -2.32. The van der Waals surface area contributed by atoms with Gasteiger partial charge >= 0.3 is 0 Å². The molecule has 25 heavy (non-hydrogen) atoms. The van der Waals surface area contributed by atoms with Gasteiger partial charge in [-0.05, 0) is 31.0 Å². The fourth-order valence-corrected chi connectivity index (χ4v) is 3.07. The number of nitrogens with one attached hydrogen (secondary N) is 1. The average molecular weight is 341 g/mol. The third kappa shape index (κ3) is 3.55. The van der Waals surface area contributed by atoms with Crippen LogP contribution in [0.5, 0.6) is 17.2 Å². The van der Waals surface area contributed by atoms with Gasteiger partial charge in [-0.15, -0.1) is 0 Å². The molecule has 3 rings (SSSR count). The minimum atomic E-state index is -0.140. The molecule has 1 saturated carbocycles. The van der Waals surface area contributed by atoms with Crippen LogP contribution >= 0.6 is 0 Å². The lowest BCUT2D eigenvalue weighted by Gasteiger charge is -2.19. The van der Waals surface area contributed by atoms with Gasteiger partial charge in [0.2, 0.25) is 0 Å². The SMILES string of the molecule is COc1cc(OC)cc(C(=O)NCC2(c3ccccc3OC)CC2)c1. The van der Waals surface area contributed by atoms with E-state index in [0.717, 1.165) is 24.2 Å². The maximum atomic E-state index is 12.6. The first kappa shape index (κ1) is 17.1. The molecule has 0 spiro atoms. The Morgan fingerprint density at radius 3 is 2.20 bits per heavy atom. The van der Waals surface area contributed by atoms with Crippen LogP contribution in [0.15, 0.2) is 42.5 Å². The van der Waals surface area contributed by atoms with Crippen LogP contribution in [0.4, 0.5) is 0 Å². The number of methoxy groups -OCH3 is 3. The van der Waals surface area contributed by atoms with Crippen molar-refractivity contribution in [1.82, 2.24) is 5.32 Å². The molecule has 2 aromatic rings. The Hall–Kier alpha value is -2.69. The first-order valence-electron chi connectivity index (χ1n) is 8.26. The number of para-hydroxylation sites is 1. The lowest BCUT2D eigenvalue weighted by molar-refractivity contribution is 0.0949. The third-order valence-electron chi connectivity index (χ3n) is 4.73. The maximum absolute atomic E-state index is 12.6. The van der Waals surface area contributed by atoms with Crippen LogP contribution < -0.4 is 19.5 Å². The largest absolute Gasteiger partial charge is 0.497 e. The summed E-state index contributed by atoms with van der Waals surface area (Å²) in [6.07, 6.45) is 2.07. The van der Waals surface area contributed by atoms with E-state index >= 15 is 0 Å². The Morgan fingerprint density at radius 2 is 1.64 bits per heavy atom. The Kier molecular flexibility index (Phi) is 4.83. The molecule has 1 N–H and O–H groups in total. The minimum Gasteiger partial charge on any atom is -0.497 e. The van der Waals surface area contributed by atoms with Crippen molar-refractivity contribution in [3.8, 4) is 17.2 Å². The van der Waals surface area contributed by atoms with E-state index in [1.165, 1.54) is 0 Å². The van der Waals surface area contributed by atoms with Crippen molar-refractivity contribution in [2.45, 2.75) is 18.3 Å². The van der Waals surface area contributed by atoms with E-state index in [1.54, 1.807) is 39.5 Å². The molecule has 0 saturated heterocycles. The average Bonchev–Trinajstić information content (AvgIpc) is 3.46. The molecule has 132 valence electrons. The Labute approximate surface area is 147 Å². The number of rotatable bonds is 7. The van der Waals surface area contributed by atoms with Gasteiger partial charge in [-0.1, -0.05) is 18.2 Å². The van der Waals surface area contributed by atoms with Crippen LogP contribution in [0, 0.1) is 0 Å². The maximum Gasteiger partial charge on any atom is 0.251 e. The van der Waals surface area contributed by atoms with Crippen molar-refractivity contribution < 1.29 is 19.0 Å². The summed E-state index contributed by atoms with van der Waals surface area (Å²) < 4.78 is 15.9. The molecule has 5 heteroatoms. The van der Waals surface area contributed by atoms with E-state index in [9.17, 15) is 4.79 Å². The van der Waals surface area contributed by atoms with Crippen molar-refractivity contribution in [3.05, 3.63) is 53.6 Å². The van der Waals surface area contributed by atoms with Crippen molar-refractivity contribution >= 4 is 5.91 Å². The minimum absolute atomic E-state index is 0.0365. The van der Waals surface area contributed by atoms with Gasteiger partial charge in [0.1, 0.15) is 17.2 Å². The van der Waals surface area contributed by atoms with E-state index in [-0.39, 0.29) is 11.3 Å². The van der Waals surface area contributed by atoms with Crippen LogP contribution in [0.1, 0.15) is 28.8 Å². The van der Waals surface area contributed by atoms with Crippen molar-refractivity contribution in [2.24, 2.45) is 0 Å². The Balaban J connectivity index is 1.74. The van der Waals surface area contributed by atoms with E-state index < -0.39 is 0 Å². The summed E-state index contributed by atoms with van der Waals surface area (Å²) in [5.41, 5.74) is 1.64. The Morgan fingerprint density at radius 1 is 1.00 bits per heavy atom. The molecule has 5 nitrogen and oxygen atoms in total. The molecule has 1 aliphatic carbocycles. The second-order valence-electron chi connectivity index (χ2n) is 6.26. The number of ether oxygens (including phenoxy) is 3. The van der Waals surface area contributed by atoms with Crippen LogP contribution in [0.2, 0.25) is 0 Å². The fraction of sp³-hybridized carbons (Fsp3) is 0.350. The molecule has 0 aliphatic heterocycles. The zero-order valence-electron chi connectivity index (χ0n) is 14.8. The highest BCUT2D eigenvalue weighted by molar-refractivity contribution is 5.95. The number of carbonyl (C=O) groups excluding carboxylic acids is 1. The molecule has 0 bridgehead atoms. The fourth-order valence-electron chi connectivity index (χ4n) is 3.07. The molecule has 1 aliphatic rings. The number of amides is 1. The zero-order valence-corrected chi connectivity index (χ0v) is 14.8. The highest BCUT2D eigenvalue weighted by Gasteiger charge is 2.46.